The molecule has 35 heavy (non-hydrogen) atoms. The zero-order valence-electron chi connectivity index (χ0n) is 19.6. The van der Waals surface area contributed by atoms with Crippen LogP contribution in [0.2, 0.25) is 5.02 Å². The summed E-state index contributed by atoms with van der Waals surface area (Å²) in [7, 11) is -3.72. The summed E-state index contributed by atoms with van der Waals surface area (Å²) in [6.07, 6.45) is 2.62. The molecule has 1 aromatic heterocycles. The number of aromatic nitrogens is 1. The first-order valence-corrected chi connectivity index (χ1v) is 13.1. The molecule has 1 amide bonds. The van der Waals surface area contributed by atoms with Gasteiger partial charge in [-0.05, 0) is 43.5 Å². The number of nitrogens with zero attached hydrogens (tertiary/aromatic N) is 3. The summed E-state index contributed by atoms with van der Waals surface area (Å²) in [6, 6.07) is 22.2. The molecule has 0 saturated carbocycles. The van der Waals surface area contributed by atoms with Crippen molar-refractivity contribution in [2.45, 2.75) is 13.8 Å². The highest BCUT2D eigenvalue weighted by molar-refractivity contribution is 7.92. The predicted molar refractivity (Wildman–Crippen MR) is 142 cm³/mol. The molecule has 7 nitrogen and oxygen atoms in total. The lowest BCUT2D eigenvalue weighted by molar-refractivity contribution is -0.119. The van der Waals surface area contributed by atoms with Crippen molar-refractivity contribution in [3.05, 3.63) is 94.8 Å². The number of hydrogen-bond donors (Lipinski definition) is 1. The lowest BCUT2D eigenvalue weighted by Gasteiger charge is -2.23. The van der Waals surface area contributed by atoms with Gasteiger partial charge in [-0.25, -0.2) is 13.8 Å². The van der Waals surface area contributed by atoms with Gasteiger partial charge in [0, 0.05) is 22.3 Å². The van der Waals surface area contributed by atoms with Gasteiger partial charge in [0.25, 0.3) is 5.91 Å². The van der Waals surface area contributed by atoms with Crippen molar-refractivity contribution in [3.8, 4) is 5.69 Å². The van der Waals surface area contributed by atoms with E-state index in [1.54, 1.807) is 12.1 Å². The summed E-state index contributed by atoms with van der Waals surface area (Å²) in [6.45, 7) is 3.49. The molecule has 0 aliphatic heterocycles. The van der Waals surface area contributed by atoms with Gasteiger partial charge < -0.3 is 4.57 Å². The number of carbonyl (C=O) groups is 1. The average molecular weight is 509 g/mol. The highest BCUT2D eigenvalue weighted by Crippen LogP contribution is 2.28. The molecule has 0 unspecified atom stereocenters. The number of fused-ring (bicyclic) bond motifs is 1. The van der Waals surface area contributed by atoms with Crippen LogP contribution in [0, 0.1) is 13.8 Å². The van der Waals surface area contributed by atoms with Gasteiger partial charge in [0.15, 0.2) is 0 Å². The van der Waals surface area contributed by atoms with Crippen LogP contribution < -0.4 is 9.73 Å². The molecule has 3 aromatic carbocycles. The van der Waals surface area contributed by atoms with Gasteiger partial charge in [0.1, 0.15) is 6.54 Å². The van der Waals surface area contributed by atoms with Crippen molar-refractivity contribution in [2.24, 2.45) is 5.10 Å². The standard InChI is InChI=1S/C26H25ClN4O3S/c1-18-15-21(19(2)31(18)25-13-7-6-12-23(25)27)16-28-29-26(32)17-30(35(3,33)34)24-14-8-10-20-9-4-5-11-22(20)24/h4-16H,17H2,1-3H3,(H,29,32)/b28-16+. The summed E-state index contributed by atoms with van der Waals surface area (Å²) < 4.78 is 28.2. The smallest absolute Gasteiger partial charge is 0.260 e. The van der Waals surface area contributed by atoms with Crippen LogP contribution in [-0.4, -0.2) is 37.9 Å². The third-order valence-electron chi connectivity index (χ3n) is 5.68. The van der Waals surface area contributed by atoms with Crippen LogP contribution in [-0.2, 0) is 14.8 Å². The Morgan fingerprint density at radius 1 is 1.06 bits per heavy atom. The van der Waals surface area contributed by atoms with Gasteiger partial charge in [-0.2, -0.15) is 5.10 Å². The van der Waals surface area contributed by atoms with Crippen LogP contribution in [0.15, 0.2) is 77.9 Å². The number of rotatable bonds is 7. The Hall–Kier alpha value is -3.62. The third kappa shape index (κ3) is 5.23. The van der Waals surface area contributed by atoms with E-state index in [0.717, 1.165) is 44.0 Å². The quantitative estimate of drug-likeness (QED) is 0.287. The Bertz CT molecular complexity index is 1540. The minimum Gasteiger partial charge on any atom is -0.316 e. The molecule has 4 aromatic rings. The number of hydrazone groups is 1. The van der Waals surface area contributed by atoms with E-state index in [9.17, 15) is 13.2 Å². The van der Waals surface area contributed by atoms with E-state index in [-0.39, 0.29) is 0 Å². The number of benzene rings is 3. The number of aryl methyl sites for hydroxylation is 1. The minimum atomic E-state index is -3.72. The average Bonchev–Trinajstić information content (AvgIpc) is 3.09. The molecule has 0 aliphatic carbocycles. The number of hydrogen-bond acceptors (Lipinski definition) is 4. The van der Waals surface area contributed by atoms with Crippen LogP contribution in [0.25, 0.3) is 16.5 Å². The lowest BCUT2D eigenvalue weighted by atomic mass is 10.1. The predicted octanol–water partition coefficient (Wildman–Crippen LogP) is 4.82. The van der Waals surface area contributed by atoms with Crippen LogP contribution >= 0.6 is 11.6 Å². The largest absolute Gasteiger partial charge is 0.316 e. The van der Waals surface area contributed by atoms with Crippen LogP contribution in [0.1, 0.15) is 17.0 Å². The first-order chi connectivity index (χ1) is 16.7. The summed E-state index contributed by atoms with van der Waals surface area (Å²) >= 11 is 6.36. The second-order valence-corrected chi connectivity index (χ2v) is 10.5. The van der Waals surface area contributed by atoms with Crippen molar-refractivity contribution in [1.29, 1.82) is 0 Å². The fraction of sp³-hybridized carbons (Fsp3) is 0.154. The summed E-state index contributed by atoms with van der Waals surface area (Å²) in [5.41, 5.74) is 6.41. The number of carbonyl (C=O) groups excluding carboxylic acids is 1. The van der Waals surface area contributed by atoms with E-state index in [1.807, 2.05) is 79.1 Å². The Balaban J connectivity index is 1.54. The molecule has 4 rings (SSSR count). The van der Waals surface area contributed by atoms with E-state index < -0.39 is 22.5 Å². The molecule has 0 radical (unpaired) electrons. The fourth-order valence-corrected chi connectivity index (χ4v) is 5.16. The van der Waals surface area contributed by atoms with Gasteiger partial charge in [-0.3, -0.25) is 9.10 Å². The Morgan fingerprint density at radius 3 is 2.49 bits per heavy atom. The van der Waals surface area contributed by atoms with Gasteiger partial charge in [-0.15, -0.1) is 0 Å². The van der Waals surface area contributed by atoms with Gasteiger partial charge in [0.05, 0.1) is 28.9 Å². The molecule has 0 fully saturated rings. The first kappa shape index (κ1) is 24.5. The van der Waals surface area contributed by atoms with Gasteiger partial charge in [0.2, 0.25) is 10.0 Å². The molecular weight excluding hydrogens is 484 g/mol. The van der Waals surface area contributed by atoms with E-state index in [1.165, 1.54) is 6.21 Å². The Labute approximate surface area is 209 Å². The first-order valence-electron chi connectivity index (χ1n) is 10.9. The van der Waals surface area contributed by atoms with E-state index in [4.69, 9.17) is 11.6 Å². The van der Waals surface area contributed by atoms with Crippen LogP contribution in [0.5, 0.6) is 0 Å². The Morgan fingerprint density at radius 2 is 1.74 bits per heavy atom. The zero-order chi connectivity index (χ0) is 25.2. The number of amides is 1. The number of anilines is 1. The second-order valence-electron chi connectivity index (χ2n) is 8.17. The molecule has 0 saturated heterocycles. The third-order valence-corrected chi connectivity index (χ3v) is 7.13. The van der Waals surface area contributed by atoms with Crippen molar-refractivity contribution in [1.82, 2.24) is 9.99 Å². The maximum Gasteiger partial charge on any atom is 0.260 e. The fourth-order valence-electron chi connectivity index (χ4n) is 4.07. The van der Waals surface area contributed by atoms with Gasteiger partial charge >= 0.3 is 0 Å². The molecule has 0 spiro atoms. The highest BCUT2D eigenvalue weighted by Gasteiger charge is 2.22. The van der Waals surface area contributed by atoms with Crippen molar-refractivity contribution in [3.63, 3.8) is 0 Å². The SMILES string of the molecule is Cc1cc(/C=N/NC(=O)CN(c2cccc3ccccc23)S(C)(=O)=O)c(C)n1-c1ccccc1Cl. The van der Waals surface area contributed by atoms with Crippen LogP contribution in [0.4, 0.5) is 5.69 Å². The molecule has 0 atom stereocenters. The summed E-state index contributed by atoms with van der Waals surface area (Å²) in [5, 5.41) is 6.32. The number of sulfonamides is 1. The molecule has 0 aliphatic rings. The second kappa shape index (κ2) is 9.93. The summed E-state index contributed by atoms with van der Waals surface area (Å²) in [5.74, 6) is -0.556. The lowest BCUT2D eigenvalue weighted by Crippen LogP contribution is -2.39. The topological polar surface area (TPSA) is 83.8 Å². The highest BCUT2D eigenvalue weighted by atomic mass is 35.5. The molecule has 180 valence electrons. The maximum absolute atomic E-state index is 12.7. The molecule has 0 bridgehead atoms. The van der Waals surface area contributed by atoms with Crippen molar-refractivity contribution < 1.29 is 13.2 Å². The number of halogens is 1. The van der Waals surface area contributed by atoms with E-state index in [2.05, 4.69) is 10.5 Å². The van der Waals surface area contributed by atoms with Gasteiger partial charge in [-0.1, -0.05) is 60.1 Å². The zero-order valence-corrected chi connectivity index (χ0v) is 21.1. The van der Waals surface area contributed by atoms with E-state index in [0.29, 0.717) is 10.7 Å². The number of para-hydroxylation sites is 1. The molecule has 9 heteroatoms. The normalized spacial score (nSPS) is 11.8. The monoisotopic (exact) mass is 508 g/mol. The van der Waals surface area contributed by atoms with Crippen molar-refractivity contribution >= 4 is 50.2 Å². The maximum atomic E-state index is 12.7. The Kier molecular flexibility index (Phi) is 6.95. The number of nitrogens with one attached hydrogen (secondary N) is 1. The minimum absolute atomic E-state index is 0.400. The summed E-state index contributed by atoms with van der Waals surface area (Å²) in [4.78, 5) is 12.7. The van der Waals surface area contributed by atoms with E-state index >= 15 is 0 Å². The molecular formula is C26H25ClN4O3S. The molecule has 1 N–H and O–H groups in total. The van der Waals surface area contributed by atoms with Crippen LogP contribution in [0.3, 0.4) is 0 Å². The van der Waals surface area contributed by atoms with Crippen molar-refractivity contribution in [2.75, 3.05) is 17.1 Å². The molecule has 1 heterocycles.